The third-order valence-corrected chi connectivity index (χ3v) is 0.695. The van der Waals surface area contributed by atoms with Crippen molar-refractivity contribution in [3.8, 4) is 0 Å². The van der Waals surface area contributed by atoms with Crippen molar-refractivity contribution >= 4 is 32.2 Å². The first-order valence-electron chi connectivity index (χ1n) is 2.02. The molecule has 0 aliphatic heterocycles. The minimum atomic E-state index is -0.956. The van der Waals surface area contributed by atoms with Crippen molar-refractivity contribution in [2.45, 2.75) is 6.92 Å². The second-order valence-corrected chi connectivity index (χ2v) is 1.42. The van der Waals surface area contributed by atoms with Crippen molar-refractivity contribution in [3.05, 3.63) is 0 Å². The Bertz CT molecular complexity index is 73.7. The average Bonchev–Trinajstić information content (AvgIpc) is 1.65. The van der Waals surface area contributed by atoms with Crippen LogP contribution in [0.5, 0.6) is 0 Å². The van der Waals surface area contributed by atoms with Crippen LogP contribution in [-0.2, 0) is 4.79 Å². The van der Waals surface area contributed by atoms with Gasteiger partial charge in [0, 0.05) is 0 Å². The molecular formula is C4H11BiO3. The molecule has 0 radical (unpaired) electrons. The van der Waals surface area contributed by atoms with Gasteiger partial charge < -0.3 is 10.2 Å². The average molecular weight is 316 g/mol. The van der Waals surface area contributed by atoms with Crippen molar-refractivity contribution < 1.29 is 15.0 Å². The standard InChI is InChI=1S/C4H8O3.Bi.3H/c1-3(2-5)4(6)7;;;;/h3,5H,2H2,1H3,(H,6,7);;;;. The summed E-state index contributed by atoms with van der Waals surface area (Å²) in [7, 11) is 0. The van der Waals surface area contributed by atoms with Crippen LogP contribution in [0.3, 0.4) is 0 Å². The number of hydrogen-bond acceptors (Lipinski definition) is 2. The molecule has 4 heteroatoms. The summed E-state index contributed by atoms with van der Waals surface area (Å²) in [4.78, 5) is 9.77. The fraction of sp³-hybridized carbons (Fsp3) is 0.750. The summed E-state index contributed by atoms with van der Waals surface area (Å²) in [5, 5.41) is 16.1. The molecule has 0 bridgehead atoms. The zero-order valence-electron chi connectivity index (χ0n) is 4.79. The summed E-state index contributed by atoms with van der Waals surface area (Å²) in [6, 6.07) is 0. The zero-order chi connectivity index (χ0) is 5.86. The van der Waals surface area contributed by atoms with Crippen LogP contribution in [0.4, 0.5) is 0 Å². The first-order chi connectivity index (χ1) is 3.18. The number of carboxylic acids is 1. The quantitative estimate of drug-likeness (QED) is 0.611. The van der Waals surface area contributed by atoms with Gasteiger partial charge in [-0.05, 0) is 6.92 Å². The molecule has 1 unspecified atom stereocenters. The monoisotopic (exact) mass is 316 g/mol. The molecular weight excluding hydrogens is 305 g/mol. The molecule has 0 amide bonds. The number of aliphatic carboxylic acids is 1. The maximum absolute atomic E-state index is 9.77. The molecule has 0 heterocycles. The van der Waals surface area contributed by atoms with Gasteiger partial charge in [0.2, 0.25) is 0 Å². The molecule has 3 nitrogen and oxygen atoms in total. The van der Waals surface area contributed by atoms with E-state index in [1.807, 2.05) is 0 Å². The van der Waals surface area contributed by atoms with Crippen LogP contribution in [0.15, 0.2) is 0 Å². The van der Waals surface area contributed by atoms with Crippen LogP contribution in [0.2, 0.25) is 0 Å². The topological polar surface area (TPSA) is 57.5 Å². The van der Waals surface area contributed by atoms with Gasteiger partial charge in [0.1, 0.15) is 0 Å². The predicted octanol–water partition coefficient (Wildman–Crippen LogP) is -1.48. The Morgan fingerprint density at radius 2 is 2.12 bits per heavy atom. The molecule has 0 saturated carbocycles. The summed E-state index contributed by atoms with van der Waals surface area (Å²) in [6.45, 7) is 1.16. The molecule has 0 aromatic rings. The fourth-order valence-corrected chi connectivity index (χ4v) is 0.0781. The molecule has 8 heavy (non-hydrogen) atoms. The molecule has 0 aromatic carbocycles. The molecule has 0 aliphatic carbocycles. The second kappa shape index (κ2) is 5.45. The number of aliphatic hydroxyl groups excluding tert-OH is 1. The van der Waals surface area contributed by atoms with Crippen LogP contribution < -0.4 is 0 Å². The Hall–Kier alpha value is 0.313. The van der Waals surface area contributed by atoms with Gasteiger partial charge in [0.25, 0.3) is 0 Å². The van der Waals surface area contributed by atoms with Crippen LogP contribution in [0.25, 0.3) is 0 Å². The SMILES string of the molecule is CC(CO)C(=O)O.[BiH3]. The van der Waals surface area contributed by atoms with Crippen molar-refractivity contribution in [2.24, 2.45) is 5.92 Å². The van der Waals surface area contributed by atoms with Gasteiger partial charge in [0.15, 0.2) is 0 Å². The number of carboxylic acid groups (broad SMARTS) is 1. The first-order valence-corrected chi connectivity index (χ1v) is 2.02. The van der Waals surface area contributed by atoms with E-state index in [0.717, 1.165) is 0 Å². The predicted molar refractivity (Wildman–Crippen MR) is 33.8 cm³/mol. The molecule has 0 spiro atoms. The number of aliphatic hydroxyl groups is 1. The third-order valence-electron chi connectivity index (χ3n) is 0.695. The zero-order valence-corrected chi connectivity index (χ0v) is 10.3. The third kappa shape index (κ3) is 4.47. The fourth-order valence-electron chi connectivity index (χ4n) is 0.0781. The molecule has 0 rings (SSSR count). The van der Waals surface area contributed by atoms with Gasteiger partial charge in [-0.25, -0.2) is 0 Å². The Labute approximate surface area is 66.8 Å². The molecule has 50 valence electrons. The normalized spacial score (nSPS) is 11.8. The van der Waals surface area contributed by atoms with Gasteiger partial charge in [-0.3, -0.25) is 4.79 Å². The van der Waals surface area contributed by atoms with Gasteiger partial charge in [-0.15, -0.1) is 0 Å². The van der Waals surface area contributed by atoms with E-state index < -0.39 is 11.9 Å². The number of hydrogen-bond donors (Lipinski definition) is 2. The summed E-state index contributed by atoms with van der Waals surface area (Å²) >= 11 is 0. The van der Waals surface area contributed by atoms with E-state index in [0.29, 0.717) is 0 Å². The number of carbonyl (C=O) groups is 1. The van der Waals surface area contributed by atoms with E-state index >= 15 is 0 Å². The Morgan fingerprint density at radius 1 is 1.75 bits per heavy atom. The van der Waals surface area contributed by atoms with E-state index in [2.05, 4.69) is 0 Å². The van der Waals surface area contributed by atoms with Crippen molar-refractivity contribution in [3.63, 3.8) is 0 Å². The first kappa shape index (κ1) is 11.2. The summed E-state index contributed by atoms with van der Waals surface area (Å²) < 4.78 is 0. The van der Waals surface area contributed by atoms with Crippen LogP contribution >= 0.6 is 0 Å². The van der Waals surface area contributed by atoms with E-state index in [1.165, 1.54) is 6.92 Å². The molecule has 0 saturated heterocycles. The Kier molecular flexibility index (Phi) is 7.60. The van der Waals surface area contributed by atoms with Gasteiger partial charge >= 0.3 is 32.2 Å². The van der Waals surface area contributed by atoms with Crippen molar-refractivity contribution in [2.75, 3.05) is 6.61 Å². The van der Waals surface area contributed by atoms with E-state index in [-0.39, 0.29) is 32.8 Å². The Balaban J connectivity index is 0. The van der Waals surface area contributed by atoms with Gasteiger partial charge in [-0.1, -0.05) is 0 Å². The van der Waals surface area contributed by atoms with Crippen molar-refractivity contribution in [1.29, 1.82) is 0 Å². The van der Waals surface area contributed by atoms with Crippen LogP contribution in [0.1, 0.15) is 6.92 Å². The second-order valence-electron chi connectivity index (χ2n) is 1.42. The molecule has 0 fully saturated rings. The van der Waals surface area contributed by atoms with E-state index in [9.17, 15) is 4.79 Å². The molecule has 0 aromatic heterocycles. The summed E-state index contributed by atoms with van der Waals surface area (Å²) in [5.74, 6) is -1.58. The van der Waals surface area contributed by atoms with Crippen LogP contribution in [0, 0.1) is 5.92 Å². The van der Waals surface area contributed by atoms with Crippen LogP contribution in [-0.4, -0.2) is 49.0 Å². The molecule has 1 atom stereocenters. The summed E-state index contributed by atoms with van der Waals surface area (Å²) in [6.07, 6.45) is 0. The van der Waals surface area contributed by atoms with E-state index in [1.54, 1.807) is 0 Å². The molecule has 0 aliphatic rings. The molecule has 2 N–H and O–H groups in total. The summed E-state index contributed by atoms with van der Waals surface area (Å²) in [5.41, 5.74) is 0. The minimum absolute atomic E-state index is 0. The number of rotatable bonds is 2. The maximum atomic E-state index is 9.77. The van der Waals surface area contributed by atoms with Gasteiger partial charge in [0.05, 0.1) is 12.5 Å². The van der Waals surface area contributed by atoms with Crippen molar-refractivity contribution in [1.82, 2.24) is 0 Å². The Morgan fingerprint density at radius 3 is 2.12 bits per heavy atom. The van der Waals surface area contributed by atoms with E-state index in [4.69, 9.17) is 10.2 Å². The van der Waals surface area contributed by atoms with Gasteiger partial charge in [-0.2, -0.15) is 0 Å².